The molecule has 0 amide bonds. The molecule has 0 aliphatic heterocycles. The fraction of sp³-hybridized carbons (Fsp3) is 0.720. The van der Waals surface area contributed by atoms with E-state index in [1.54, 1.807) is 6.92 Å². The number of hydrogen-bond donors (Lipinski definition) is 3. The third kappa shape index (κ3) is 3.68. The van der Waals surface area contributed by atoms with E-state index < -0.39 is 18.3 Å². The summed E-state index contributed by atoms with van der Waals surface area (Å²) in [5.74, 6) is 1.27. The number of carbonyl (C=O) groups excluding carboxylic acids is 1. The van der Waals surface area contributed by atoms with Gasteiger partial charge in [0, 0.05) is 11.8 Å². The summed E-state index contributed by atoms with van der Waals surface area (Å²) in [6, 6.07) is 0. The fourth-order valence-electron chi connectivity index (χ4n) is 6.82. The zero-order valence-corrected chi connectivity index (χ0v) is 18.0. The molecule has 0 unspecified atom stereocenters. The maximum atomic E-state index is 13.0. The van der Waals surface area contributed by atoms with Crippen molar-refractivity contribution >= 4 is 5.78 Å². The monoisotopic (exact) mass is 400 g/mol. The number of aliphatic hydroxyl groups excluding tert-OH is 3. The summed E-state index contributed by atoms with van der Waals surface area (Å²) in [6.07, 6.45) is 10.4. The van der Waals surface area contributed by atoms with Gasteiger partial charge in [0.25, 0.3) is 0 Å². The highest BCUT2D eigenvalue weighted by atomic mass is 16.3. The van der Waals surface area contributed by atoms with Crippen molar-refractivity contribution in [3.63, 3.8) is 0 Å². The number of fused-ring (bicyclic) bond motifs is 6. The van der Waals surface area contributed by atoms with Gasteiger partial charge in [0.1, 0.15) is 0 Å². The van der Waals surface area contributed by atoms with Gasteiger partial charge >= 0.3 is 0 Å². The first kappa shape index (κ1) is 21.0. The molecule has 4 rings (SSSR count). The minimum Gasteiger partial charge on any atom is -0.393 e. The SMILES string of the molecule is C/C(=C\[C@@H](O)[C@@H](C)O)[C@H]1CC[C@H]2C3=CC(=O)[C@H]4CC(=CC[C@@H](O)C4)[C@H]3CC[C@]12C. The maximum absolute atomic E-state index is 13.0. The number of aliphatic hydroxyl groups is 3. The van der Waals surface area contributed by atoms with E-state index in [-0.39, 0.29) is 17.1 Å². The van der Waals surface area contributed by atoms with Gasteiger partial charge in [-0.15, -0.1) is 0 Å². The first-order valence-electron chi connectivity index (χ1n) is 11.4. The topological polar surface area (TPSA) is 77.8 Å². The quantitative estimate of drug-likeness (QED) is 0.631. The van der Waals surface area contributed by atoms with E-state index in [1.807, 2.05) is 12.2 Å². The number of allylic oxidation sites excluding steroid dienone is 4. The van der Waals surface area contributed by atoms with Crippen molar-refractivity contribution in [3.8, 4) is 0 Å². The van der Waals surface area contributed by atoms with Crippen molar-refractivity contribution in [2.75, 3.05) is 0 Å². The van der Waals surface area contributed by atoms with Gasteiger partial charge in [0.05, 0.1) is 18.3 Å². The third-order valence-corrected chi connectivity index (χ3v) is 8.44. The average molecular weight is 401 g/mol. The Morgan fingerprint density at radius 1 is 1.28 bits per heavy atom. The zero-order valence-electron chi connectivity index (χ0n) is 18.0. The lowest BCUT2D eigenvalue weighted by Crippen LogP contribution is -2.37. The van der Waals surface area contributed by atoms with Gasteiger partial charge in [0.15, 0.2) is 5.78 Å². The predicted octanol–water partition coefficient (Wildman–Crippen LogP) is 3.71. The van der Waals surface area contributed by atoms with Crippen LogP contribution in [0, 0.1) is 29.1 Å². The van der Waals surface area contributed by atoms with Gasteiger partial charge in [-0.1, -0.05) is 35.8 Å². The molecule has 0 heterocycles. The first-order valence-corrected chi connectivity index (χ1v) is 11.4. The van der Waals surface area contributed by atoms with Crippen molar-refractivity contribution in [1.82, 2.24) is 0 Å². The molecule has 0 saturated heterocycles. The smallest absolute Gasteiger partial charge is 0.159 e. The van der Waals surface area contributed by atoms with Crippen LogP contribution in [0.5, 0.6) is 0 Å². The highest BCUT2D eigenvalue weighted by Gasteiger charge is 2.53. The molecule has 4 heteroatoms. The van der Waals surface area contributed by atoms with Crippen LogP contribution in [0.2, 0.25) is 0 Å². The highest BCUT2D eigenvalue weighted by molar-refractivity contribution is 5.93. The lowest BCUT2D eigenvalue weighted by atomic mass is 9.58. The minimum absolute atomic E-state index is 0.0665. The Morgan fingerprint density at radius 3 is 2.76 bits per heavy atom. The number of carbonyl (C=O) groups is 1. The van der Waals surface area contributed by atoms with Crippen molar-refractivity contribution in [2.45, 2.75) is 84.0 Å². The summed E-state index contributed by atoms with van der Waals surface area (Å²) in [4.78, 5) is 13.0. The van der Waals surface area contributed by atoms with Crippen LogP contribution >= 0.6 is 0 Å². The molecule has 0 spiro atoms. The van der Waals surface area contributed by atoms with E-state index in [1.165, 1.54) is 16.7 Å². The van der Waals surface area contributed by atoms with Crippen molar-refractivity contribution in [1.29, 1.82) is 0 Å². The van der Waals surface area contributed by atoms with Crippen molar-refractivity contribution in [2.24, 2.45) is 29.1 Å². The van der Waals surface area contributed by atoms with E-state index >= 15 is 0 Å². The fourth-order valence-corrected chi connectivity index (χ4v) is 6.82. The summed E-state index contributed by atoms with van der Waals surface area (Å²) >= 11 is 0. The van der Waals surface area contributed by atoms with Crippen LogP contribution in [0.4, 0.5) is 0 Å². The highest BCUT2D eigenvalue weighted by Crippen LogP contribution is 2.62. The Bertz CT molecular complexity index is 761. The lowest BCUT2D eigenvalue weighted by Gasteiger charge is -2.46. The summed E-state index contributed by atoms with van der Waals surface area (Å²) in [5.41, 5.74) is 3.97. The lowest BCUT2D eigenvalue weighted by molar-refractivity contribution is -0.119. The normalized spacial score (nSPS) is 42.1. The molecule has 3 N–H and O–H groups in total. The van der Waals surface area contributed by atoms with Crippen molar-refractivity contribution < 1.29 is 20.1 Å². The minimum atomic E-state index is -0.827. The second-order valence-electron chi connectivity index (χ2n) is 10.3. The van der Waals surface area contributed by atoms with Gasteiger partial charge in [0.2, 0.25) is 0 Å². The van der Waals surface area contributed by atoms with Gasteiger partial charge < -0.3 is 15.3 Å². The number of ketones is 1. The molecule has 0 aromatic rings. The molecule has 4 nitrogen and oxygen atoms in total. The molecule has 2 bridgehead atoms. The molecular formula is C25H36O4. The Balaban J connectivity index is 1.66. The van der Waals surface area contributed by atoms with Gasteiger partial charge in [-0.05, 0) is 82.1 Å². The first-order chi connectivity index (χ1) is 13.7. The Morgan fingerprint density at radius 2 is 2.03 bits per heavy atom. The molecule has 160 valence electrons. The third-order valence-electron chi connectivity index (χ3n) is 8.44. The van der Waals surface area contributed by atoms with Crippen LogP contribution in [-0.2, 0) is 4.79 Å². The van der Waals surface area contributed by atoms with Crippen LogP contribution in [0.25, 0.3) is 0 Å². The standard InChI is InChI=1S/C25H36O4/c1-14(10-23(28)15(2)26)21-6-7-22-20-13-24(29)17-11-16(4-5-18(27)12-17)19(20)8-9-25(21,22)3/h4,10,13,15,17-19,21-23,26-28H,5-9,11-12H2,1-3H3/b14-10+/t15-,17+,18-,19-,21-,22+,23-,25-/m1/s1. The Hall–Kier alpha value is -1.23. The molecule has 0 radical (unpaired) electrons. The summed E-state index contributed by atoms with van der Waals surface area (Å²) in [6.45, 7) is 6.07. The molecule has 4 aliphatic rings. The zero-order chi connectivity index (χ0) is 20.9. The summed E-state index contributed by atoms with van der Waals surface area (Å²) in [7, 11) is 0. The summed E-state index contributed by atoms with van der Waals surface area (Å²) < 4.78 is 0. The molecule has 29 heavy (non-hydrogen) atoms. The second-order valence-corrected chi connectivity index (χ2v) is 10.3. The van der Waals surface area contributed by atoms with Crippen LogP contribution in [0.3, 0.4) is 0 Å². The molecule has 2 fully saturated rings. The Kier molecular flexibility index (Phi) is 5.65. The maximum Gasteiger partial charge on any atom is 0.159 e. The van der Waals surface area contributed by atoms with E-state index in [4.69, 9.17) is 0 Å². The van der Waals surface area contributed by atoms with Gasteiger partial charge in [-0.3, -0.25) is 4.79 Å². The molecule has 0 aromatic carbocycles. The predicted molar refractivity (Wildman–Crippen MR) is 113 cm³/mol. The average Bonchev–Trinajstić information content (AvgIpc) is 2.80. The molecule has 0 aromatic heterocycles. The van der Waals surface area contributed by atoms with Crippen LogP contribution in [-0.4, -0.2) is 39.4 Å². The summed E-state index contributed by atoms with van der Waals surface area (Å²) in [5, 5.41) is 30.0. The molecule has 2 saturated carbocycles. The van der Waals surface area contributed by atoms with Crippen LogP contribution in [0.1, 0.15) is 65.7 Å². The Labute approximate surface area is 174 Å². The van der Waals surface area contributed by atoms with E-state index in [2.05, 4.69) is 19.9 Å². The molecule has 4 aliphatic carbocycles. The van der Waals surface area contributed by atoms with Gasteiger partial charge in [-0.2, -0.15) is 0 Å². The van der Waals surface area contributed by atoms with E-state index in [0.29, 0.717) is 30.6 Å². The van der Waals surface area contributed by atoms with E-state index in [0.717, 1.165) is 32.1 Å². The largest absolute Gasteiger partial charge is 0.393 e. The molecular weight excluding hydrogens is 364 g/mol. The van der Waals surface area contributed by atoms with Crippen molar-refractivity contribution in [3.05, 3.63) is 34.9 Å². The second kappa shape index (κ2) is 7.79. The number of rotatable bonds is 3. The number of hydrogen-bond acceptors (Lipinski definition) is 4. The van der Waals surface area contributed by atoms with E-state index in [9.17, 15) is 20.1 Å². The molecule has 8 atom stereocenters. The van der Waals surface area contributed by atoms with Crippen LogP contribution < -0.4 is 0 Å². The van der Waals surface area contributed by atoms with Crippen LogP contribution in [0.15, 0.2) is 34.9 Å². The van der Waals surface area contributed by atoms with Gasteiger partial charge in [-0.25, -0.2) is 0 Å².